The maximum absolute atomic E-state index is 14.8. The molecule has 1 aliphatic rings. The lowest BCUT2D eigenvalue weighted by molar-refractivity contribution is 0.00578. The van der Waals surface area contributed by atoms with Crippen molar-refractivity contribution >= 4 is 18.5 Å². The number of carbonyl (C=O) groups is 1. The van der Waals surface area contributed by atoms with E-state index in [2.05, 4.69) is 26.1 Å². The van der Waals surface area contributed by atoms with Crippen LogP contribution in [0.2, 0.25) is 0 Å². The van der Waals surface area contributed by atoms with E-state index < -0.39 is 41.4 Å². The minimum Gasteiger partial charge on any atom is -0.399 e. The predicted octanol–water partition coefficient (Wildman–Crippen LogP) is 4.21. The Morgan fingerprint density at radius 2 is 1.50 bits per heavy atom. The summed E-state index contributed by atoms with van der Waals surface area (Å²) in [6.07, 6.45) is 0.682. The predicted molar refractivity (Wildman–Crippen MR) is 108 cm³/mol. The summed E-state index contributed by atoms with van der Waals surface area (Å²) in [6.45, 7) is 17.2. The van der Waals surface area contributed by atoms with E-state index in [4.69, 9.17) is 9.31 Å². The van der Waals surface area contributed by atoms with Gasteiger partial charge in [0.1, 0.15) is 0 Å². The van der Waals surface area contributed by atoms with Crippen LogP contribution in [0.4, 0.5) is 8.78 Å². The molecule has 156 valence electrons. The first-order valence-corrected chi connectivity index (χ1v) is 9.62. The van der Waals surface area contributed by atoms with Crippen LogP contribution in [0.3, 0.4) is 0 Å². The number of benzene rings is 1. The van der Waals surface area contributed by atoms with Gasteiger partial charge in [0.15, 0.2) is 11.6 Å². The fourth-order valence-corrected chi connectivity index (χ4v) is 3.64. The molecule has 4 nitrogen and oxygen atoms in total. The summed E-state index contributed by atoms with van der Waals surface area (Å²) in [7, 11) is -1.03. The van der Waals surface area contributed by atoms with E-state index in [-0.39, 0.29) is 16.4 Å². The lowest BCUT2D eigenvalue weighted by Crippen LogP contribution is -2.46. The highest BCUT2D eigenvalue weighted by Crippen LogP contribution is 2.36. The standard InChI is InChI=1S/C21H32BF2NO3/c1-18(2,3)12-19(4,5)25-17(26)13-10-11-14(16(24)15(13)23)22-27-20(6,7)21(8,9)28-22/h10-11H,12H2,1-9H3,(H,25,26). The SMILES string of the molecule is CC(C)(C)CC(C)(C)NC(=O)c1ccc(B2OC(C)(C)C(C)(C)O2)c(F)c1F. The molecule has 0 atom stereocenters. The number of nitrogens with one attached hydrogen (secondary N) is 1. The highest BCUT2D eigenvalue weighted by Gasteiger charge is 2.52. The van der Waals surface area contributed by atoms with E-state index in [1.165, 1.54) is 12.1 Å². The van der Waals surface area contributed by atoms with Gasteiger partial charge in [-0.25, -0.2) is 8.78 Å². The van der Waals surface area contributed by atoms with Gasteiger partial charge < -0.3 is 14.6 Å². The molecule has 0 saturated carbocycles. The van der Waals surface area contributed by atoms with Gasteiger partial charge in [-0.15, -0.1) is 0 Å². The summed E-state index contributed by atoms with van der Waals surface area (Å²) in [4.78, 5) is 12.6. The van der Waals surface area contributed by atoms with Gasteiger partial charge in [-0.05, 0) is 59.4 Å². The molecule has 28 heavy (non-hydrogen) atoms. The fraction of sp³-hybridized carbons (Fsp3) is 0.667. The van der Waals surface area contributed by atoms with Crippen molar-refractivity contribution < 1.29 is 22.9 Å². The van der Waals surface area contributed by atoms with Crippen LogP contribution < -0.4 is 10.8 Å². The molecule has 1 saturated heterocycles. The second kappa shape index (κ2) is 7.10. The third kappa shape index (κ3) is 4.74. The van der Waals surface area contributed by atoms with Crippen LogP contribution in [-0.4, -0.2) is 29.8 Å². The van der Waals surface area contributed by atoms with Gasteiger partial charge in [-0.2, -0.15) is 0 Å². The van der Waals surface area contributed by atoms with Crippen molar-refractivity contribution in [3.63, 3.8) is 0 Å². The quantitative estimate of drug-likeness (QED) is 0.778. The number of halogens is 2. The molecule has 0 aromatic heterocycles. The molecule has 1 aromatic carbocycles. The Bertz CT molecular complexity index is 754. The molecule has 0 radical (unpaired) electrons. The lowest BCUT2D eigenvalue weighted by atomic mass is 9.78. The van der Waals surface area contributed by atoms with E-state index in [1.54, 1.807) is 0 Å². The first kappa shape index (κ1) is 22.8. The molecule has 1 heterocycles. The van der Waals surface area contributed by atoms with E-state index in [9.17, 15) is 13.6 Å². The number of rotatable bonds is 4. The molecular formula is C21H32BF2NO3. The largest absolute Gasteiger partial charge is 0.497 e. The molecule has 1 aliphatic heterocycles. The van der Waals surface area contributed by atoms with Crippen LogP contribution in [0.1, 0.15) is 79.1 Å². The average Bonchev–Trinajstić information content (AvgIpc) is 2.66. The molecule has 2 rings (SSSR count). The summed E-state index contributed by atoms with van der Waals surface area (Å²) < 4.78 is 41.1. The lowest BCUT2D eigenvalue weighted by Gasteiger charge is -2.33. The van der Waals surface area contributed by atoms with Crippen molar-refractivity contribution in [1.82, 2.24) is 5.32 Å². The van der Waals surface area contributed by atoms with Crippen molar-refractivity contribution in [2.75, 3.05) is 0 Å². The molecular weight excluding hydrogens is 363 g/mol. The van der Waals surface area contributed by atoms with Gasteiger partial charge in [0, 0.05) is 11.0 Å². The summed E-state index contributed by atoms with van der Waals surface area (Å²) in [6, 6.07) is 2.63. The van der Waals surface area contributed by atoms with Gasteiger partial charge >= 0.3 is 7.12 Å². The maximum Gasteiger partial charge on any atom is 0.497 e. The van der Waals surface area contributed by atoms with Crippen molar-refractivity contribution in [3.05, 3.63) is 29.3 Å². The minimum absolute atomic E-state index is 0.0266. The Morgan fingerprint density at radius 1 is 1.00 bits per heavy atom. The normalized spacial score (nSPS) is 19.0. The maximum atomic E-state index is 14.8. The van der Waals surface area contributed by atoms with Gasteiger partial charge in [0.05, 0.1) is 16.8 Å². The Kier molecular flexibility index (Phi) is 5.79. The summed E-state index contributed by atoms with van der Waals surface area (Å²) in [5.41, 5.74) is -2.33. The second-order valence-corrected chi connectivity index (χ2v) is 10.5. The molecule has 0 bridgehead atoms. The number of carbonyl (C=O) groups excluding carboxylic acids is 1. The van der Waals surface area contributed by atoms with E-state index in [1.807, 2.05) is 41.5 Å². The molecule has 7 heteroatoms. The third-order valence-corrected chi connectivity index (χ3v) is 5.29. The highest BCUT2D eigenvalue weighted by atomic mass is 19.2. The fourth-order valence-electron chi connectivity index (χ4n) is 3.64. The second-order valence-electron chi connectivity index (χ2n) is 10.5. The van der Waals surface area contributed by atoms with E-state index >= 15 is 0 Å². The summed E-state index contributed by atoms with van der Waals surface area (Å²) >= 11 is 0. The Morgan fingerprint density at radius 3 is 1.96 bits per heavy atom. The zero-order chi connectivity index (χ0) is 21.7. The molecule has 1 fully saturated rings. The van der Waals surface area contributed by atoms with Crippen molar-refractivity contribution in [2.24, 2.45) is 5.41 Å². The molecule has 0 spiro atoms. The number of hydrogen-bond donors (Lipinski definition) is 1. The monoisotopic (exact) mass is 395 g/mol. The van der Waals surface area contributed by atoms with Crippen molar-refractivity contribution in [3.8, 4) is 0 Å². The highest BCUT2D eigenvalue weighted by molar-refractivity contribution is 6.62. The van der Waals surface area contributed by atoms with Gasteiger partial charge in [-0.3, -0.25) is 4.79 Å². The van der Waals surface area contributed by atoms with E-state index in [0.29, 0.717) is 6.42 Å². The first-order chi connectivity index (χ1) is 12.5. The molecule has 0 aliphatic carbocycles. The van der Waals surface area contributed by atoms with Gasteiger partial charge in [-0.1, -0.05) is 26.8 Å². The number of amides is 1. The minimum atomic E-state index is -1.20. The van der Waals surface area contributed by atoms with Crippen LogP contribution in [0.15, 0.2) is 12.1 Å². The van der Waals surface area contributed by atoms with Crippen molar-refractivity contribution in [1.29, 1.82) is 0 Å². The topological polar surface area (TPSA) is 47.6 Å². The molecule has 1 N–H and O–H groups in total. The Hall–Kier alpha value is -1.47. The smallest absolute Gasteiger partial charge is 0.399 e. The summed E-state index contributed by atoms with van der Waals surface area (Å²) in [5, 5.41) is 2.80. The summed E-state index contributed by atoms with van der Waals surface area (Å²) in [5.74, 6) is -2.97. The van der Waals surface area contributed by atoms with Crippen LogP contribution >= 0.6 is 0 Å². The van der Waals surface area contributed by atoms with Gasteiger partial charge in [0.25, 0.3) is 5.91 Å². The average molecular weight is 395 g/mol. The molecule has 1 amide bonds. The van der Waals surface area contributed by atoms with E-state index in [0.717, 1.165) is 0 Å². The van der Waals surface area contributed by atoms with Gasteiger partial charge in [0.2, 0.25) is 0 Å². The third-order valence-electron chi connectivity index (χ3n) is 5.29. The van der Waals surface area contributed by atoms with Crippen LogP contribution in [0.5, 0.6) is 0 Å². The Balaban J connectivity index is 2.26. The number of hydrogen-bond acceptors (Lipinski definition) is 3. The van der Waals surface area contributed by atoms with Crippen LogP contribution in [0.25, 0.3) is 0 Å². The van der Waals surface area contributed by atoms with Crippen LogP contribution in [0, 0.1) is 17.0 Å². The first-order valence-electron chi connectivity index (χ1n) is 9.62. The molecule has 1 aromatic rings. The molecule has 0 unspecified atom stereocenters. The zero-order valence-electron chi connectivity index (χ0n) is 18.4. The Labute approximate surface area is 167 Å². The van der Waals surface area contributed by atoms with Crippen molar-refractivity contribution in [2.45, 2.75) is 85.5 Å². The van der Waals surface area contributed by atoms with Crippen LogP contribution in [-0.2, 0) is 9.31 Å². The zero-order valence-corrected chi connectivity index (χ0v) is 18.4.